The first kappa shape index (κ1) is 27.9. The van der Waals surface area contributed by atoms with Gasteiger partial charge in [-0.1, -0.05) is 0 Å². The molecule has 0 bridgehead atoms. The lowest BCUT2D eigenvalue weighted by Crippen LogP contribution is -2.40. The molecule has 1 aliphatic heterocycles. The van der Waals surface area contributed by atoms with Crippen molar-refractivity contribution in [2.75, 3.05) is 18.9 Å². The summed E-state index contributed by atoms with van der Waals surface area (Å²) in [4.78, 5) is 49.4. The van der Waals surface area contributed by atoms with Gasteiger partial charge in [0.05, 0.1) is 19.5 Å². The minimum Gasteiger partial charge on any atom is -0.394 e. The van der Waals surface area contributed by atoms with Crippen LogP contribution in [-0.2, 0) is 18.6 Å². The third-order valence-electron chi connectivity index (χ3n) is 4.54. The molecule has 0 radical (unpaired) electrons. The highest BCUT2D eigenvalue weighted by molar-refractivity contribution is 7.46. The number of H-pyrrole nitrogens is 1. The number of aromatic nitrogens is 4. The van der Waals surface area contributed by atoms with Gasteiger partial charge in [0, 0.05) is 0 Å². The molecule has 0 spiro atoms. The quantitative estimate of drug-likeness (QED) is 0.116. The molecule has 2 aromatic rings. The molecule has 3 rings (SSSR count). The Labute approximate surface area is 189 Å². The summed E-state index contributed by atoms with van der Waals surface area (Å²) >= 11 is 0. The number of phosphoric ester groups is 1. The number of nitrogens with zero attached hydrogens (tertiary/aromatic N) is 3. The second-order valence-electron chi connectivity index (χ2n) is 6.94. The predicted molar refractivity (Wildman–Crippen MR) is 108 cm³/mol. The van der Waals surface area contributed by atoms with Crippen LogP contribution in [0.3, 0.4) is 0 Å². The first-order valence-corrected chi connectivity index (χ1v) is 10.9. The Balaban J connectivity index is 0.000000347. The predicted octanol–water partition coefficient (Wildman–Crippen LogP) is -5.31. The molecule has 3 heterocycles. The normalized spacial score (nSPS) is 25.4. The minimum absolute atomic E-state index is 0.00572. The molecule has 11 N–H and O–H groups in total. The zero-order chi connectivity index (χ0) is 25.8. The SMILES string of the molecule is Nc1nc2c(ncn2[C@@H]2O[C@H](CO)[C@@H](OP(=O)(O)O)[C@H]2O)c(=O)[nH]1.O=C[C@@H](O)[C@@H](O)[C@@H](O)CO. The molecule has 0 saturated carbocycles. The van der Waals surface area contributed by atoms with Crippen LogP contribution < -0.4 is 11.3 Å². The summed E-state index contributed by atoms with van der Waals surface area (Å²) in [5.74, 6) is -0.191. The van der Waals surface area contributed by atoms with Gasteiger partial charge in [-0.05, 0) is 0 Å². The zero-order valence-electron chi connectivity index (χ0n) is 17.1. The molecule has 34 heavy (non-hydrogen) atoms. The van der Waals surface area contributed by atoms with Crippen LogP contribution in [0.4, 0.5) is 5.95 Å². The Morgan fingerprint density at radius 1 is 1.32 bits per heavy atom. The van der Waals surface area contributed by atoms with Gasteiger partial charge in [0.15, 0.2) is 23.7 Å². The largest absolute Gasteiger partial charge is 0.470 e. The van der Waals surface area contributed by atoms with E-state index in [-0.39, 0.29) is 23.4 Å². The molecule has 19 heteroatoms. The highest BCUT2D eigenvalue weighted by Gasteiger charge is 2.48. The number of fused-ring (bicyclic) bond motifs is 1. The van der Waals surface area contributed by atoms with Crippen LogP contribution in [0.15, 0.2) is 11.1 Å². The summed E-state index contributed by atoms with van der Waals surface area (Å²) in [6.45, 7) is -1.35. The fraction of sp³-hybridized carbons (Fsp3) is 0.600. The van der Waals surface area contributed by atoms with E-state index in [9.17, 15) is 24.4 Å². The second kappa shape index (κ2) is 11.4. The summed E-state index contributed by atoms with van der Waals surface area (Å²) in [6.07, 6.45) is -9.03. The molecule has 0 unspecified atom stereocenters. The van der Waals surface area contributed by atoms with E-state index in [2.05, 4.69) is 19.5 Å². The van der Waals surface area contributed by atoms with E-state index in [0.717, 1.165) is 10.9 Å². The number of anilines is 1. The Kier molecular flexibility index (Phi) is 9.34. The van der Waals surface area contributed by atoms with Crippen LogP contribution in [0.1, 0.15) is 6.23 Å². The van der Waals surface area contributed by atoms with E-state index in [1.165, 1.54) is 0 Å². The highest BCUT2D eigenvalue weighted by Crippen LogP contribution is 2.44. The maximum Gasteiger partial charge on any atom is 0.470 e. The molecule has 7 atom stereocenters. The summed E-state index contributed by atoms with van der Waals surface area (Å²) in [5, 5.41) is 53.6. The molecule has 192 valence electrons. The van der Waals surface area contributed by atoms with Gasteiger partial charge in [0.25, 0.3) is 5.56 Å². The van der Waals surface area contributed by atoms with Crippen molar-refractivity contribution in [1.82, 2.24) is 19.5 Å². The van der Waals surface area contributed by atoms with Gasteiger partial charge in [0.2, 0.25) is 5.95 Å². The van der Waals surface area contributed by atoms with Crippen LogP contribution in [0, 0.1) is 0 Å². The maximum absolute atomic E-state index is 11.8. The fourth-order valence-electron chi connectivity index (χ4n) is 2.93. The number of hydrogen-bond donors (Lipinski definition) is 10. The number of nitrogens with two attached hydrogens (primary N) is 1. The molecule has 2 aromatic heterocycles. The standard InChI is InChI=1S/C10H14N5O8P.C5H10O5/c11-10-13-7-4(8(18)14-10)12-2-15(7)9-5(17)6(3(1-16)22-9)23-24(19,20)21;6-1-3(8)5(10)4(9)2-7/h2-3,5-6,9,16-17H,1H2,(H2,19,20,21)(H3,11,13,14,18);1,3-5,7-10H,2H2/t3-,5-,6-,9-;3-,4+,5-/m11/s1. The highest BCUT2D eigenvalue weighted by atomic mass is 31.2. The van der Waals surface area contributed by atoms with Crippen molar-refractivity contribution in [2.45, 2.75) is 42.9 Å². The van der Waals surface area contributed by atoms with Crippen LogP contribution in [0.25, 0.3) is 11.2 Å². The maximum atomic E-state index is 11.8. The van der Waals surface area contributed by atoms with E-state index >= 15 is 0 Å². The topological polar surface area (TPSA) is 304 Å². The number of rotatable bonds is 8. The number of nitrogen functional groups attached to an aromatic ring is 1. The zero-order valence-corrected chi connectivity index (χ0v) is 18.0. The molecule has 0 amide bonds. The van der Waals surface area contributed by atoms with Crippen LogP contribution in [0.2, 0.25) is 0 Å². The van der Waals surface area contributed by atoms with Crippen molar-refractivity contribution in [2.24, 2.45) is 0 Å². The monoisotopic (exact) mass is 513 g/mol. The number of aliphatic hydroxyl groups is 6. The number of nitrogens with one attached hydrogen (secondary N) is 1. The third kappa shape index (κ3) is 6.40. The van der Waals surface area contributed by atoms with E-state index in [4.69, 9.17) is 40.7 Å². The molecule has 18 nitrogen and oxygen atoms in total. The number of hydrogen-bond acceptors (Lipinski definition) is 14. The van der Waals surface area contributed by atoms with Crippen LogP contribution in [0.5, 0.6) is 0 Å². The van der Waals surface area contributed by atoms with Crippen molar-refractivity contribution in [1.29, 1.82) is 0 Å². The number of aliphatic hydroxyl groups excluding tert-OH is 6. The lowest BCUT2D eigenvalue weighted by molar-refractivity contribution is -0.127. The molecule has 1 saturated heterocycles. The van der Waals surface area contributed by atoms with Gasteiger partial charge >= 0.3 is 7.82 Å². The van der Waals surface area contributed by atoms with E-state index < -0.39 is 69.4 Å². The summed E-state index contributed by atoms with van der Waals surface area (Å²) in [5.41, 5.74) is 4.79. The van der Waals surface area contributed by atoms with Crippen LogP contribution in [-0.4, -0.2) is 116 Å². The summed E-state index contributed by atoms with van der Waals surface area (Å²) in [6, 6.07) is 0. The average Bonchev–Trinajstić information content (AvgIpc) is 3.32. The summed E-state index contributed by atoms with van der Waals surface area (Å²) in [7, 11) is -4.94. The van der Waals surface area contributed by atoms with E-state index in [0.29, 0.717) is 0 Å². The smallest absolute Gasteiger partial charge is 0.394 e. The first-order chi connectivity index (χ1) is 15.8. The molecule has 1 aliphatic rings. The third-order valence-corrected chi connectivity index (χ3v) is 5.06. The van der Waals surface area contributed by atoms with Gasteiger partial charge in [0.1, 0.15) is 36.6 Å². The fourth-order valence-corrected chi connectivity index (χ4v) is 3.51. The Morgan fingerprint density at radius 3 is 2.50 bits per heavy atom. The Bertz CT molecular complexity index is 1070. The molecular formula is C15H24N5O13P. The number of carbonyl (C=O) groups is 1. The minimum atomic E-state index is -4.94. The number of aldehydes is 1. The Hall–Kier alpha value is -2.35. The number of carbonyl (C=O) groups excluding carboxylic acids is 1. The van der Waals surface area contributed by atoms with E-state index in [1.54, 1.807) is 0 Å². The van der Waals surface area contributed by atoms with Crippen molar-refractivity contribution >= 4 is 31.2 Å². The lowest BCUT2D eigenvalue weighted by atomic mass is 10.1. The number of aromatic amines is 1. The van der Waals surface area contributed by atoms with Gasteiger partial charge in [-0.25, -0.2) is 9.55 Å². The van der Waals surface area contributed by atoms with E-state index in [1.807, 2.05) is 0 Å². The van der Waals surface area contributed by atoms with Crippen LogP contribution >= 0.6 is 7.82 Å². The number of ether oxygens (including phenoxy) is 1. The number of phosphoric acid groups is 1. The van der Waals surface area contributed by atoms with Crippen molar-refractivity contribution < 1.29 is 59.0 Å². The average molecular weight is 513 g/mol. The van der Waals surface area contributed by atoms with Gasteiger partial charge in [-0.15, -0.1) is 0 Å². The molecule has 0 aliphatic carbocycles. The van der Waals surface area contributed by atoms with Gasteiger partial charge < -0.3 is 55.7 Å². The van der Waals surface area contributed by atoms with Gasteiger partial charge in [-0.3, -0.25) is 18.9 Å². The lowest BCUT2D eigenvalue weighted by Gasteiger charge is -2.20. The van der Waals surface area contributed by atoms with Crippen molar-refractivity contribution in [3.05, 3.63) is 16.7 Å². The molecule has 0 aromatic carbocycles. The Morgan fingerprint density at radius 2 is 1.97 bits per heavy atom. The second-order valence-corrected chi connectivity index (χ2v) is 8.13. The van der Waals surface area contributed by atoms with Gasteiger partial charge in [-0.2, -0.15) is 4.98 Å². The van der Waals surface area contributed by atoms with Crippen molar-refractivity contribution in [3.63, 3.8) is 0 Å². The van der Waals surface area contributed by atoms with Crippen molar-refractivity contribution in [3.8, 4) is 0 Å². The summed E-state index contributed by atoms with van der Waals surface area (Å²) < 4.78 is 22.0. The number of imidazole rings is 1. The first-order valence-electron chi connectivity index (χ1n) is 9.35. The molecular weight excluding hydrogens is 489 g/mol. The molecule has 1 fully saturated rings.